The Morgan fingerprint density at radius 3 is 2.77 bits per heavy atom. The zero-order valence-electron chi connectivity index (χ0n) is 14.4. The molecule has 0 unspecified atom stereocenters. The molecule has 2 heterocycles. The highest BCUT2D eigenvalue weighted by Crippen LogP contribution is 2.22. The van der Waals surface area contributed by atoms with E-state index in [1.165, 1.54) is 11.8 Å². The van der Waals surface area contributed by atoms with Crippen molar-refractivity contribution in [3.63, 3.8) is 0 Å². The van der Waals surface area contributed by atoms with Crippen LogP contribution in [-0.2, 0) is 11.8 Å². The molecule has 6 nitrogen and oxygen atoms in total. The maximum Gasteiger partial charge on any atom is 0.230 e. The van der Waals surface area contributed by atoms with Gasteiger partial charge in [-0.3, -0.25) is 9.78 Å². The molecule has 3 rings (SSSR count). The molecule has 0 radical (unpaired) electrons. The third kappa shape index (κ3) is 4.42. The largest absolute Gasteiger partial charge is 0.349 e. The number of carbonyl (C=O) groups excluding carboxylic acids is 1. The summed E-state index contributed by atoms with van der Waals surface area (Å²) in [5.41, 5.74) is 1.90. The fourth-order valence-corrected chi connectivity index (χ4v) is 3.39. The summed E-state index contributed by atoms with van der Waals surface area (Å²) in [6.07, 6.45) is 3.42. The summed E-state index contributed by atoms with van der Waals surface area (Å²) in [6, 6.07) is 11.1. The topological polar surface area (TPSA) is 72.7 Å². The van der Waals surface area contributed by atoms with Crippen LogP contribution < -0.4 is 5.32 Å². The Bertz CT molecular complexity index is 900. The molecule has 1 aromatic carbocycles. The fourth-order valence-electron chi connectivity index (χ4n) is 2.47. The van der Waals surface area contributed by atoms with E-state index >= 15 is 0 Å². The summed E-state index contributed by atoms with van der Waals surface area (Å²) >= 11 is 7.34. The molecule has 0 saturated heterocycles. The summed E-state index contributed by atoms with van der Waals surface area (Å²) in [5.74, 6) is 0.922. The first kappa shape index (κ1) is 18.4. The molecule has 3 aromatic rings. The van der Waals surface area contributed by atoms with Crippen LogP contribution in [0.25, 0.3) is 11.4 Å². The van der Waals surface area contributed by atoms with Crippen molar-refractivity contribution in [3.05, 3.63) is 59.4 Å². The van der Waals surface area contributed by atoms with E-state index in [-0.39, 0.29) is 17.7 Å². The molecule has 0 saturated carbocycles. The third-order valence-electron chi connectivity index (χ3n) is 3.83. The zero-order chi connectivity index (χ0) is 18.5. The van der Waals surface area contributed by atoms with Crippen LogP contribution in [0, 0.1) is 0 Å². The number of halogens is 1. The highest BCUT2D eigenvalue weighted by Gasteiger charge is 2.14. The molecule has 134 valence electrons. The zero-order valence-corrected chi connectivity index (χ0v) is 16.0. The number of nitrogens with one attached hydrogen (secondary N) is 1. The Labute approximate surface area is 161 Å². The van der Waals surface area contributed by atoms with Crippen LogP contribution >= 0.6 is 23.4 Å². The van der Waals surface area contributed by atoms with Gasteiger partial charge in [0, 0.05) is 30.0 Å². The van der Waals surface area contributed by atoms with E-state index in [1.807, 2.05) is 54.9 Å². The van der Waals surface area contributed by atoms with Crippen molar-refractivity contribution >= 4 is 29.3 Å². The number of thioether (sulfide) groups is 1. The number of amides is 1. The van der Waals surface area contributed by atoms with Gasteiger partial charge in [0.25, 0.3) is 0 Å². The van der Waals surface area contributed by atoms with Gasteiger partial charge in [0.1, 0.15) is 0 Å². The lowest BCUT2D eigenvalue weighted by atomic mass is 10.1. The lowest BCUT2D eigenvalue weighted by molar-refractivity contribution is -0.119. The number of rotatable bonds is 6. The molecule has 0 fully saturated rings. The predicted octanol–water partition coefficient (Wildman–Crippen LogP) is 3.50. The summed E-state index contributed by atoms with van der Waals surface area (Å²) in [5, 5.41) is 12.7. The van der Waals surface area contributed by atoms with Gasteiger partial charge in [0.05, 0.1) is 11.8 Å². The van der Waals surface area contributed by atoms with Gasteiger partial charge in [0.2, 0.25) is 5.91 Å². The van der Waals surface area contributed by atoms with Gasteiger partial charge >= 0.3 is 0 Å². The standard InChI is InChI=1S/C18H18ClN5OS/c1-12(14-4-3-5-15(19)10-14)21-16(25)11-26-18-23-22-17(24(18)2)13-6-8-20-9-7-13/h3-10,12H,11H2,1-2H3,(H,21,25)/t12-/m1/s1. The van der Waals surface area contributed by atoms with E-state index in [0.717, 1.165) is 17.0 Å². The Hall–Kier alpha value is -2.38. The molecule has 0 bridgehead atoms. The number of carbonyl (C=O) groups is 1. The quantitative estimate of drug-likeness (QED) is 0.655. The first-order chi connectivity index (χ1) is 12.5. The molecular formula is C18H18ClN5OS. The SMILES string of the molecule is C[C@@H](NC(=O)CSc1nnc(-c2ccncc2)n1C)c1cccc(Cl)c1. The smallest absolute Gasteiger partial charge is 0.230 e. The predicted molar refractivity (Wildman–Crippen MR) is 103 cm³/mol. The minimum absolute atomic E-state index is 0.0732. The van der Waals surface area contributed by atoms with E-state index < -0.39 is 0 Å². The van der Waals surface area contributed by atoms with Crippen molar-refractivity contribution in [2.45, 2.75) is 18.1 Å². The van der Waals surface area contributed by atoms with Crippen molar-refractivity contribution in [2.24, 2.45) is 7.05 Å². The first-order valence-corrected chi connectivity index (χ1v) is 9.38. The minimum Gasteiger partial charge on any atom is -0.349 e. The van der Waals surface area contributed by atoms with Crippen molar-refractivity contribution in [2.75, 3.05) is 5.75 Å². The number of nitrogens with zero attached hydrogens (tertiary/aromatic N) is 4. The minimum atomic E-state index is -0.117. The summed E-state index contributed by atoms with van der Waals surface area (Å²) in [4.78, 5) is 16.2. The van der Waals surface area contributed by atoms with Gasteiger partial charge in [0.15, 0.2) is 11.0 Å². The molecule has 1 N–H and O–H groups in total. The van der Waals surface area contributed by atoms with E-state index in [2.05, 4.69) is 20.5 Å². The maximum atomic E-state index is 12.2. The highest BCUT2D eigenvalue weighted by atomic mass is 35.5. The van der Waals surface area contributed by atoms with Crippen LogP contribution in [0.5, 0.6) is 0 Å². The van der Waals surface area contributed by atoms with Crippen LogP contribution in [-0.4, -0.2) is 31.4 Å². The second kappa shape index (κ2) is 8.33. The first-order valence-electron chi connectivity index (χ1n) is 8.02. The monoisotopic (exact) mass is 387 g/mol. The molecule has 0 aliphatic heterocycles. The summed E-state index contributed by atoms with van der Waals surface area (Å²) < 4.78 is 1.87. The summed E-state index contributed by atoms with van der Waals surface area (Å²) in [7, 11) is 1.88. The number of benzene rings is 1. The Morgan fingerprint density at radius 2 is 2.04 bits per heavy atom. The van der Waals surface area contributed by atoms with Gasteiger partial charge in [-0.15, -0.1) is 10.2 Å². The Kier molecular flexibility index (Phi) is 5.90. The molecular weight excluding hydrogens is 370 g/mol. The molecule has 0 aliphatic carbocycles. The van der Waals surface area contributed by atoms with E-state index in [4.69, 9.17) is 11.6 Å². The van der Waals surface area contributed by atoms with Crippen LogP contribution in [0.4, 0.5) is 0 Å². The van der Waals surface area contributed by atoms with Gasteiger partial charge in [-0.05, 0) is 36.8 Å². The fraction of sp³-hybridized carbons (Fsp3) is 0.222. The second-order valence-corrected chi connectivity index (χ2v) is 7.11. The second-order valence-electron chi connectivity index (χ2n) is 5.73. The average molecular weight is 388 g/mol. The van der Waals surface area contributed by atoms with Gasteiger partial charge in [-0.1, -0.05) is 35.5 Å². The van der Waals surface area contributed by atoms with Gasteiger partial charge in [-0.25, -0.2) is 0 Å². The van der Waals surface area contributed by atoms with Crippen molar-refractivity contribution < 1.29 is 4.79 Å². The lowest BCUT2D eigenvalue weighted by Gasteiger charge is -2.14. The van der Waals surface area contributed by atoms with Crippen molar-refractivity contribution in [1.82, 2.24) is 25.1 Å². The van der Waals surface area contributed by atoms with E-state index in [1.54, 1.807) is 12.4 Å². The molecule has 1 amide bonds. The van der Waals surface area contributed by atoms with Gasteiger partial charge < -0.3 is 9.88 Å². The lowest BCUT2D eigenvalue weighted by Crippen LogP contribution is -2.28. The number of pyridine rings is 1. The van der Waals surface area contributed by atoms with Crippen LogP contribution in [0.15, 0.2) is 53.9 Å². The Morgan fingerprint density at radius 1 is 1.27 bits per heavy atom. The molecule has 2 aromatic heterocycles. The van der Waals surface area contributed by atoms with Crippen molar-refractivity contribution in [1.29, 1.82) is 0 Å². The van der Waals surface area contributed by atoms with E-state index in [9.17, 15) is 4.79 Å². The third-order valence-corrected chi connectivity index (χ3v) is 5.09. The van der Waals surface area contributed by atoms with E-state index in [0.29, 0.717) is 10.2 Å². The van der Waals surface area contributed by atoms with Gasteiger partial charge in [-0.2, -0.15) is 0 Å². The number of hydrogen-bond acceptors (Lipinski definition) is 5. The number of aromatic nitrogens is 4. The number of hydrogen-bond donors (Lipinski definition) is 1. The van der Waals surface area contributed by atoms with Crippen LogP contribution in [0.1, 0.15) is 18.5 Å². The molecule has 8 heteroatoms. The normalized spacial score (nSPS) is 12.0. The average Bonchev–Trinajstić information content (AvgIpc) is 3.01. The van der Waals surface area contributed by atoms with Crippen LogP contribution in [0.3, 0.4) is 0 Å². The summed E-state index contributed by atoms with van der Waals surface area (Å²) in [6.45, 7) is 1.93. The Balaban J connectivity index is 1.59. The molecule has 0 spiro atoms. The van der Waals surface area contributed by atoms with Crippen LogP contribution in [0.2, 0.25) is 5.02 Å². The molecule has 0 aliphatic rings. The maximum absolute atomic E-state index is 12.2. The molecule has 26 heavy (non-hydrogen) atoms. The highest BCUT2D eigenvalue weighted by molar-refractivity contribution is 7.99. The van der Waals surface area contributed by atoms with Crippen molar-refractivity contribution in [3.8, 4) is 11.4 Å². The molecule has 1 atom stereocenters.